The van der Waals surface area contributed by atoms with Crippen molar-refractivity contribution in [3.8, 4) is 5.75 Å². The van der Waals surface area contributed by atoms with E-state index >= 15 is 0 Å². The molecule has 4 rings (SSSR count). The monoisotopic (exact) mass is 363 g/mol. The number of nitrogens with zero attached hydrogens (tertiary/aromatic N) is 3. The summed E-state index contributed by atoms with van der Waals surface area (Å²) in [6.07, 6.45) is 0. The van der Waals surface area contributed by atoms with E-state index < -0.39 is 5.91 Å². The highest BCUT2D eigenvalue weighted by Crippen LogP contribution is 2.37. The summed E-state index contributed by atoms with van der Waals surface area (Å²) in [5, 5.41) is 23.1. The number of furan rings is 1. The second-order valence-corrected chi connectivity index (χ2v) is 6.38. The molecule has 0 saturated carbocycles. The van der Waals surface area contributed by atoms with E-state index in [1.54, 1.807) is 63.4 Å². The van der Waals surface area contributed by atoms with E-state index in [4.69, 9.17) is 4.42 Å². The van der Waals surface area contributed by atoms with Crippen LogP contribution >= 0.6 is 0 Å². The van der Waals surface area contributed by atoms with Gasteiger partial charge in [0.05, 0.1) is 5.39 Å². The number of amides is 1. The summed E-state index contributed by atoms with van der Waals surface area (Å²) in [5.74, 6) is -0.0916. The number of phenolic OH excluding ortho intramolecular Hbond substituents is 1. The SMILES string of the molecule is Cc1c(N(C)C(=O)c2nc3ccccc3[n+]([O-])c2C)oc2cccc(O)c12. The van der Waals surface area contributed by atoms with Gasteiger partial charge < -0.3 is 14.7 Å². The summed E-state index contributed by atoms with van der Waals surface area (Å²) in [7, 11) is 1.55. The van der Waals surface area contributed by atoms with Crippen molar-refractivity contribution in [2.75, 3.05) is 11.9 Å². The molecule has 0 aliphatic carbocycles. The molecule has 0 saturated heterocycles. The molecule has 0 fully saturated rings. The Morgan fingerprint density at radius 3 is 2.67 bits per heavy atom. The predicted octanol–water partition coefficient (Wildman–Crippen LogP) is 3.21. The minimum absolute atomic E-state index is 0.0512. The zero-order chi connectivity index (χ0) is 19.3. The minimum atomic E-state index is -0.468. The molecule has 0 aliphatic heterocycles. The zero-order valence-electron chi connectivity index (χ0n) is 15.1. The van der Waals surface area contributed by atoms with Crippen LogP contribution in [0.1, 0.15) is 21.7 Å². The summed E-state index contributed by atoms with van der Waals surface area (Å²) in [4.78, 5) is 18.7. The lowest BCUT2D eigenvalue weighted by Crippen LogP contribution is -2.37. The largest absolute Gasteiger partial charge is 0.618 e. The van der Waals surface area contributed by atoms with Crippen LogP contribution in [0.15, 0.2) is 46.9 Å². The Bertz CT molecular complexity index is 1210. The number of carbonyl (C=O) groups excluding carboxylic acids is 1. The second-order valence-electron chi connectivity index (χ2n) is 6.38. The molecule has 27 heavy (non-hydrogen) atoms. The van der Waals surface area contributed by atoms with Crippen molar-refractivity contribution in [3.63, 3.8) is 0 Å². The molecule has 0 atom stereocenters. The maximum Gasteiger partial charge on any atom is 0.285 e. The van der Waals surface area contributed by atoms with Crippen molar-refractivity contribution in [3.05, 3.63) is 64.6 Å². The number of aromatic nitrogens is 2. The third-order valence-electron chi connectivity index (χ3n) is 4.70. The molecule has 2 aromatic carbocycles. The number of hydrogen-bond acceptors (Lipinski definition) is 5. The first-order valence-electron chi connectivity index (χ1n) is 8.38. The Balaban J connectivity index is 1.84. The van der Waals surface area contributed by atoms with Gasteiger partial charge in [-0.3, -0.25) is 9.69 Å². The Morgan fingerprint density at radius 2 is 1.93 bits per heavy atom. The first kappa shape index (κ1) is 16.8. The number of para-hydroxylation sites is 2. The Hall–Kier alpha value is -3.61. The lowest BCUT2D eigenvalue weighted by atomic mass is 10.1. The smallest absolute Gasteiger partial charge is 0.285 e. The molecule has 1 N–H and O–H groups in total. The fraction of sp³-hybridized carbons (Fsp3) is 0.150. The maximum atomic E-state index is 13.1. The van der Waals surface area contributed by atoms with Crippen LogP contribution in [0.4, 0.5) is 5.88 Å². The van der Waals surface area contributed by atoms with Crippen LogP contribution in [0.3, 0.4) is 0 Å². The van der Waals surface area contributed by atoms with Crippen LogP contribution in [0.2, 0.25) is 0 Å². The van der Waals surface area contributed by atoms with Gasteiger partial charge in [0.1, 0.15) is 16.8 Å². The van der Waals surface area contributed by atoms with Gasteiger partial charge in [0.15, 0.2) is 5.69 Å². The average Bonchev–Trinajstić information content (AvgIpc) is 3.01. The van der Waals surface area contributed by atoms with Gasteiger partial charge in [-0.25, -0.2) is 4.98 Å². The molecule has 0 unspecified atom stereocenters. The number of benzene rings is 2. The van der Waals surface area contributed by atoms with E-state index in [0.29, 0.717) is 38.2 Å². The highest BCUT2D eigenvalue weighted by molar-refractivity contribution is 6.06. The van der Waals surface area contributed by atoms with E-state index in [1.165, 1.54) is 4.90 Å². The van der Waals surface area contributed by atoms with E-state index in [2.05, 4.69) is 4.98 Å². The predicted molar refractivity (Wildman–Crippen MR) is 101 cm³/mol. The van der Waals surface area contributed by atoms with Crippen LogP contribution in [-0.2, 0) is 0 Å². The molecule has 136 valence electrons. The van der Waals surface area contributed by atoms with Gasteiger partial charge in [0.2, 0.25) is 17.1 Å². The lowest BCUT2D eigenvalue weighted by molar-refractivity contribution is -0.584. The molecule has 7 nitrogen and oxygen atoms in total. The molecule has 4 aromatic rings. The van der Waals surface area contributed by atoms with E-state index in [-0.39, 0.29) is 17.1 Å². The highest BCUT2D eigenvalue weighted by Gasteiger charge is 2.28. The number of rotatable bonds is 2. The Kier molecular flexibility index (Phi) is 3.73. The van der Waals surface area contributed by atoms with Crippen LogP contribution in [0, 0.1) is 19.1 Å². The number of anilines is 1. The third kappa shape index (κ3) is 2.47. The fourth-order valence-electron chi connectivity index (χ4n) is 3.25. The number of phenols is 1. The van der Waals surface area contributed by atoms with Crippen LogP contribution < -0.4 is 9.63 Å². The van der Waals surface area contributed by atoms with Crippen molar-refractivity contribution in [2.24, 2.45) is 0 Å². The molecular weight excluding hydrogens is 346 g/mol. The molecule has 0 spiro atoms. The van der Waals surface area contributed by atoms with Crippen molar-refractivity contribution < 1.29 is 19.0 Å². The highest BCUT2D eigenvalue weighted by atomic mass is 16.5. The van der Waals surface area contributed by atoms with Gasteiger partial charge in [-0.2, -0.15) is 4.73 Å². The van der Waals surface area contributed by atoms with Crippen molar-refractivity contribution >= 4 is 33.8 Å². The standard InChI is InChI=1S/C20H17N3O4/c1-11-17-15(24)9-6-10-16(17)27-20(11)22(3)19(25)18-12(2)23(26)14-8-5-4-7-13(14)21-18/h4-10,24H,1-3H3. The third-order valence-corrected chi connectivity index (χ3v) is 4.70. The minimum Gasteiger partial charge on any atom is -0.618 e. The first-order chi connectivity index (χ1) is 12.9. The zero-order valence-corrected chi connectivity index (χ0v) is 15.1. The quantitative estimate of drug-likeness (QED) is 0.436. The van der Waals surface area contributed by atoms with Crippen LogP contribution in [0.25, 0.3) is 22.0 Å². The second kappa shape index (κ2) is 5.98. The summed E-state index contributed by atoms with van der Waals surface area (Å²) in [6, 6.07) is 11.8. The van der Waals surface area contributed by atoms with Crippen molar-refractivity contribution in [1.29, 1.82) is 0 Å². The molecule has 0 aliphatic rings. The van der Waals surface area contributed by atoms with Crippen molar-refractivity contribution in [1.82, 2.24) is 4.98 Å². The van der Waals surface area contributed by atoms with Gasteiger partial charge in [-0.1, -0.05) is 18.2 Å². The molecule has 1 amide bonds. The Morgan fingerprint density at radius 1 is 1.19 bits per heavy atom. The summed E-state index contributed by atoms with van der Waals surface area (Å²) >= 11 is 0. The lowest BCUT2D eigenvalue weighted by Gasteiger charge is -2.16. The number of carbonyl (C=O) groups is 1. The maximum absolute atomic E-state index is 13.1. The summed E-state index contributed by atoms with van der Waals surface area (Å²) in [6.45, 7) is 3.32. The van der Waals surface area contributed by atoms with Gasteiger partial charge in [0, 0.05) is 25.6 Å². The molecule has 0 bridgehead atoms. The van der Waals surface area contributed by atoms with Gasteiger partial charge in [0.25, 0.3) is 5.91 Å². The van der Waals surface area contributed by atoms with Crippen LogP contribution in [-0.4, -0.2) is 23.0 Å². The summed E-state index contributed by atoms with van der Waals surface area (Å²) < 4.78 is 6.48. The van der Waals surface area contributed by atoms with Gasteiger partial charge in [-0.05, 0) is 25.1 Å². The molecule has 2 aromatic heterocycles. The Labute approximate surface area is 154 Å². The van der Waals surface area contributed by atoms with Gasteiger partial charge in [-0.15, -0.1) is 0 Å². The number of fused-ring (bicyclic) bond motifs is 2. The van der Waals surface area contributed by atoms with E-state index in [9.17, 15) is 15.1 Å². The first-order valence-corrected chi connectivity index (χ1v) is 8.38. The fourth-order valence-corrected chi connectivity index (χ4v) is 3.25. The molecule has 7 heteroatoms. The average molecular weight is 363 g/mol. The van der Waals surface area contributed by atoms with Gasteiger partial charge >= 0.3 is 0 Å². The molecule has 0 radical (unpaired) electrons. The number of aryl methyl sites for hydroxylation is 1. The van der Waals surface area contributed by atoms with E-state index in [0.717, 1.165) is 0 Å². The molecule has 2 heterocycles. The number of hydrogen-bond donors (Lipinski definition) is 1. The summed E-state index contributed by atoms with van der Waals surface area (Å²) in [5.41, 5.74) is 2.21. The number of aromatic hydroxyl groups is 1. The van der Waals surface area contributed by atoms with E-state index in [1.807, 2.05) is 0 Å². The molecular formula is C20H17N3O4. The topological polar surface area (TPSA) is 93.5 Å². The van der Waals surface area contributed by atoms with Crippen molar-refractivity contribution in [2.45, 2.75) is 13.8 Å². The normalized spacial score (nSPS) is 11.2. The van der Waals surface area contributed by atoms with Crippen LogP contribution in [0.5, 0.6) is 5.75 Å².